The Morgan fingerprint density at radius 1 is 1.13 bits per heavy atom. The van der Waals surface area contributed by atoms with Gasteiger partial charge in [0.05, 0.1) is 35.5 Å². The number of carbonyl (C=O) groups is 1. The third kappa shape index (κ3) is 4.59. The summed E-state index contributed by atoms with van der Waals surface area (Å²) in [4.78, 5) is 24.4. The Bertz CT molecular complexity index is 1120. The molecule has 0 spiro atoms. The lowest BCUT2D eigenvalue weighted by Gasteiger charge is -2.32. The van der Waals surface area contributed by atoms with Crippen LogP contribution in [0.4, 0.5) is 0 Å². The molecule has 1 aromatic carbocycles. The number of hydrogen-bond donors (Lipinski definition) is 0. The first-order valence-electron chi connectivity index (χ1n) is 10.8. The van der Waals surface area contributed by atoms with Gasteiger partial charge in [-0.2, -0.15) is 5.26 Å². The van der Waals surface area contributed by atoms with Crippen molar-refractivity contribution in [3.63, 3.8) is 0 Å². The third-order valence-corrected chi connectivity index (χ3v) is 6.19. The molecule has 3 heterocycles. The summed E-state index contributed by atoms with van der Waals surface area (Å²) in [6, 6.07) is 8.81. The monoisotopic (exact) mass is 416 g/mol. The summed E-state index contributed by atoms with van der Waals surface area (Å²) in [5.41, 5.74) is 6.56. The lowest BCUT2D eigenvalue weighted by Crippen LogP contribution is -2.46. The maximum absolute atomic E-state index is 11.0. The number of rotatable bonds is 7. The molecule has 0 bridgehead atoms. The molecule has 160 valence electrons. The van der Waals surface area contributed by atoms with Crippen molar-refractivity contribution in [2.24, 2.45) is 7.05 Å². The first-order chi connectivity index (χ1) is 15.1. The van der Waals surface area contributed by atoms with Crippen molar-refractivity contribution in [3.05, 3.63) is 47.4 Å². The lowest BCUT2D eigenvalue weighted by molar-refractivity contribution is -0.119. The number of nitrogens with zero attached hydrogens (tertiary/aromatic N) is 6. The molecule has 0 N–H and O–H groups in total. The Kier molecular flexibility index (Phi) is 6.28. The number of nitriles is 1. The highest BCUT2D eigenvalue weighted by molar-refractivity contribution is 5.86. The van der Waals surface area contributed by atoms with E-state index in [1.165, 1.54) is 16.7 Å². The number of imidazole rings is 1. The van der Waals surface area contributed by atoms with E-state index in [2.05, 4.69) is 41.1 Å². The molecule has 0 atom stereocenters. The maximum Gasteiger partial charge on any atom is 0.209 e. The Hall–Kier alpha value is -3.24. The second-order valence-corrected chi connectivity index (χ2v) is 8.24. The molecule has 1 saturated heterocycles. The predicted octanol–water partition coefficient (Wildman–Crippen LogP) is 2.72. The molecule has 0 saturated carbocycles. The molecule has 4 rings (SSSR count). The zero-order valence-corrected chi connectivity index (χ0v) is 18.2. The second kappa shape index (κ2) is 9.27. The molecule has 7 nitrogen and oxygen atoms in total. The van der Waals surface area contributed by atoms with Crippen molar-refractivity contribution in [2.45, 2.75) is 26.2 Å². The average molecular weight is 417 g/mol. The maximum atomic E-state index is 11.0. The summed E-state index contributed by atoms with van der Waals surface area (Å²) in [5.74, 6) is 0. The number of benzene rings is 1. The molecule has 1 amide bonds. The van der Waals surface area contributed by atoms with Gasteiger partial charge in [-0.05, 0) is 54.7 Å². The molecule has 31 heavy (non-hydrogen) atoms. The van der Waals surface area contributed by atoms with Crippen LogP contribution in [0.3, 0.4) is 0 Å². The number of piperazine rings is 1. The van der Waals surface area contributed by atoms with Crippen molar-refractivity contribution >= 4 is 17.3 Å². The Labute approximate surface area is 182 Å². The van der Waals surface area contributed by atoms with Gasteiger partial charge in [0, 0.05) is 51.6 Å². The molecule has 1 aliphatic heterocycles. The van der Waals surface area contributed by atoms with Gasteiger partial charge in [0.1, 0.15) is 0 Å². The standard InChI is InChI=1S/C24H28N6O/c1-18-12-22-21(13-19(18)4-3-6-25)20(5-7-29-8-10-30(17-31)11-9-29)14-23(27-22)24-15-26-16-28(24)2/h12-17H,3-5,7-11H2,1-2H3. The zero-order valence-electron chi connectivity index (χ0n) is 18.2. The zero-order chi connectivity index (χ0) is 21.8. The highest BCUT2D eigenvalue weighted by Crippen LogP contribution is 2.28. The summed E-state index contributed by atoms with van der Waals surface area (Å²) in [6.07, 6.45) is 6.77. The van der Waals surface area contributed by atoms with Crippen LogP contribution in [0.2, 0.25) is 0 Å². The van der Waals surface area contributed by atoms with Crippen molar-refractivity contribution in [1.29, 1.82) is 5.26 Å². The first-order valence-corrected chi connectivity index (χ1v) is 10.8. The Morgan fingerprint density at radius 2 is 1.94 bits per heavy atom. The van der Waals surface area contributed by atoms with Gasteiger partial charge in [-0.25, -0.2) is 9.97 Å². The van der Waals surface area contributed by atoms with E-state index in [1.54, 1.807) is 6.33 Å². The van der Waals surface area contributed by atoms with Gasteiger partial charge in [0.15, 0.2) is 0 Å². The van der Waals surface area contributed by atoms with E-state index in [4.69, 9.17) is 10.2 Å². The van der Waals surface area contributed by atoms with E-state index in [1.807, 2.05) is 22.7 Å². The summed E-state index contributed by atoms with van der Waals surface area (Å²) >= 11 is 0. The number of aromatic nitrogens is 3. The summed E-state index contributed by atoms with van der Waals surface area (Å²) in [6.45, 7) is 6.43. The highest BCUT2D eigenvalue weighted by atomic mass is 16.1. The predicted molar refractivity (Wildman–Crippen MR) is 120 cm³/mol. The van der Waals surface area contributed by atoms with Crippen LogP contribution in [0, 0.1) is 18.3 Å². The van der Waals surface area contributed by atoms with Crippen LogP contribution >= 0.6 is 0 Å². The smallest absolute Gasteiger partial charge is 0.209 e. The number of amides is 1. The molecular weight excluding hydrogens is 388 g/mol. The van der Waals surface area contributed by atoms with Gasteiger partial charge >= 0.3 is 0 Å². The molecule has 0 radical (unpaired) electrons. The van der Waals surface area contributed by atoms with E-state index in [0.717, 1.165) is 74.3 Å². The Morgan fingerprint density at radius 3 is 2.61 bits per heavy atom. The van der Waals surface area contributed by atoms with E-state index < -0.39 is 0 Å². The lowest BCUT2D eigenvalue weighted by atomic mass is 9.96. The topological polar surface area (TPSA) is 78.1 Å². The summed E-state index contributed by atoms with van der Waals surface area (Å²) in [7, 11) is 1.98. The van der Waals surface area contributed by atoms with Crippen LogP contribution in [0.25, 0.3) is 22.3 Å². The quantitative estimate of drug-likeness (QED) is 0.554. The van der Waals surface area contributed by atoms with Gasteiger partial charge in [-0.1, -0.05) is 0 Å². The molecule has 3 aromatic rings. The normalized spacial score (nSPS) is 14.7. The molecule has 2 aromatic heterocycles. The minimum Gasteiger partial charge on any atom is -0.343 e. The van der Waals surface area contributed by atoms with Gasteiger partial charge in [0.2, 0.25) is 6.41 Å². The van der Waals surface area contributed by atoms with Crippen LogP contribution in [-0.2, 0) is 24.7 Å². The van der Waals surface area contributed by atoms with Crippen LogP contribution < -0.4 is 0 Å². The number of pyridine rings is 1. The summed E-state index contributed by atoms with van der Waals surface area (Å²) < 4.78 is 1.99. The average Bonchev–Trinajstić information content (AvgIpc) is 3.22. The number of carbonyl (C=O) groups excluding carboxylic acids is 1. The van der Waals surface area contributed by atoms with Crippen LogP contribution in [0.1, 0.15) is 23.1 Å². The van der Waals surface area contributed by atoms with Crippen molar-refractivity contribution < 1.29 is 4.79 Å². The van der Waals surface area contributed by atoms with Gasteiger partial charge in [0.25, 0.3) is 0 Å². The minimum atomic E-state index is 0.517. The largest absolute Gasteiger partial charge is 0.343 e. The third-order valence-electron chi connectivity index (χ3n) is 6.19. The second-order valence-electron chi connectivity index (χ2n) is 8.24. The van der Waals surface area contributed by atoms with Gasteiger partial charge in [-0.3, -0.25) is 9.69 Å². The Balaban J connectivity index is 1.68. The highest BCUT2D eigenvalue weighted by Gasteiger charge is 2.17. The SMILES string of the molecule is Cc1cc2nc(-c3cncn3C)cc(CCN3CCN(C=O)CC3)c2cc1CCC#N. The van der Waals surface area contributed by atoms with Crippen molar-refractivity contribution in [1.82, 2.24) is 24.3 Å². The first kappa shape index (κ1) is 21.0. The molecule has 1 aliphatic rings. The van der Waals surface area contributed by atoms with Gasteiger partial charge in [-0.15, -0.1) is 0 Å². The molecule has 0 unspecified atom stereocenters. The van der Waals surface area contributed by atoms with Crippen molar-refractivity contribution in [3.8, 4) is 17.5 Å². The fourth-order valence-corrected chi connectivity index (χ4v) is 4.26. The number of hydrogen-bond acceptors (Lipinski definition) is 5. The van der Waals surface area contributed by atoms with Crippen LogP contribution in [0.15, 0.2) is 30.7 Å². The number of aryl methyl sites for hydroxylation is 3. The summed E-state index contributed by atoms with van der Waals surface area (Å²) in [5, 5.41) is 10.2. The molecular formula is C24H28N6O. The molecule has 0 aliphatic carbocycles. The van der Waals surface area contributed by atoms with Crippen LogP contribution in [-0.4, -0.2) is 63.5 Å². The van der Waals surface area contributed by atoms with E-state index in [0.29, 0.717) is 6.42 Å². The minimum absolute atomic E-state index is 0.517. The fourth-order valence-electron chi connectivity index (χ4n) is 4.26. The number of fused-ring (bicyclic) bond motifs is 1. The van der Waals surface area contributed by atoms with E-state index in [-0.39, 0.29) is 0 Å². The molecule has 7 heteroatoms. The molecule has 1 fully saturated rings. The van der Waals surface area contributed by atoms with E-state index >= 15 is 0 Å². The van der Waals surface area contributed by atoms with Crippen LogP contribution in [0.5, 0.6) is 0 Å². The fraction of sp³-hybridized carbons (Fsp3) is 0.417. The van der Waals surface area contributed by atoms with Gasteiger partial charge < -0.3 is 9.47 Å². The van der Waals surface area contributed by atoms with E-state index in [9.17, 15) is 4.79 Å². The van der Waals surface area contributed by atoms with Crippen molar-refractivity contribution in [2.75, 3.05) is 32.7 Å².